The monoisotopic (exact) mass is 286 g/mol. The van der Waals surface area contributed by atoms with Gasteiger partial charge in [0.25, 0.3) is 0 Å². The molecule has 0 heterocycles. The van der Waals surface area contributed by atoms with Gasteiger partial charge in [0.15, 0.2) is 0 Å². The van der Waals surface area contributed by atoms with Crippen LogP contribution < -0.4 is 5.32 Å². The second-order valence-electron chi connectivity index (χ2n) is 5.82. The van der Waals surface area contributed by atoms with Gasteiger partial charge in [0, 0.05) is 13.1 Å². The number of nitrogens with zero attached hydrogens (tertiary/aromatic N) is 1. The molecule has 0 saturated heterocycles. The van der Waals surface area contributed by atoms with Crippen molar-refractivity contribution in [2.75, 3.05) is 32.7 Å². The van der Waals surface area contributed by atoms with E-state index >= 15 is 0 Å². The molecule has 0 aliphatic carbocycles. The smallest absolute Gasteiger partial charge is 0.0791 e. The molecule has 0 aromatic heterocycles. The van der Waals surface area contributed by atoms with Gasteiger partial charge in [-0.1, -0.05) is 65.7 Å². The Bertz CT molecular complexity index is 184. The molecule has 1 unspecified atom stereocenters. The summed E-state index contributed by atoms with van der Waals surface area (Å²) < 4.78 is 0. The molecule has 122 valence electrons. The first kappa shape index (κ1) is 19.9. The molecule has 0 spiro atoms. The molecule has 0 aromatic carbocycles. The molecule has 0 aliphatic heterocycles. The van der Waals surface area contributed by atoms with Crippen molar-refractivity contribution in [3.05, 3.63) is 0 Å². The minimum absolute atomic E-state index is 0.232. The van der Waals surface area contributed by atoms with Gasteiger partial charge in [-0.2, -0.15) is 0 Å². The number of aliphatic hydroxyl groups excluding tert-OH is 1. The fraction of sp³-hybridized carbons (Fsp3) is 1.00. The predicted molar refractivity (Wildman–Crippen MR) is 89.3 cm³/mol. The van der Waals surface area contributed by atoms with Crippen LogP contribution in [0.3, 0.4) is 0 Å². The van der Waals surface area contributed by atoms with Crippen molar-refractivity contribution < 1.29 is 5.11 Å². The van der Waals surface area contributed by atoms with Crippen LogP contribution >= 0.6 is 0 Å². The van der Waals surface area contributed by atoms with Crippen LogP contribution in [0.4, 0.5) is 0 Å². The summed E-state index contributed by atoms with van der Waals surface area (Å²) in [4.78, 5) is 2.27. The molecule has 3 nitrogen and oxygen atoms in total. The van der Waals surface area contributed by atoms with E-state index in [1.54, 1.807) is 0 Å². The summed E-state index contributed by atoms with van der Waals surface area (Å²) in [5, 5.41) is 13.3. The molecule has 2 N–H and O–H groups in total. The van der Waals surface area contributed by atoms with E-state index in [1.165, 1.54) is 51.4 Å². The standard InChI is InChI=1S/C17H38N2O/c1-4-7-8-9-10-11-12-13-14-18-15-17(20)16-19(5-2)6-3/h17-18,20H,4-16H2,1-3H3. The Morgan fingerprint density at radius 1 is 0.850 bits per heavy atom. The average molecular weight is 287 g/mol. The number of hydrogen-bond acceptors (Lipinski definition) is 3. The number of likely N-dealkylation sites (N-methyl/N-ethyl adjacent to an activating group) is 1. The van der Waals surface area contributed by atoms with Gasteiger partial charge >= 0.3 is 0 Å². The molecule has 0 bridgehead atoms. The molecule has 20 heavy (non-hydrogen) atoms. The van der Waals surface area contributed by atoms with Crippen LogP contribution in [0.15, 0.2) is 0 Å². The third-order valence-electron chi connectivity index (χ3n) is 3.95. The second-order valence-corrected chi connectivity index (χ2v) is 5.82. The van der Waals surface area contributed by atoms with E-state index in [0.29, 0.717) is 0 Å². The van der Waals surface area contributed by atoms with Gasteiger partial charge in [-0.25, -0.2) is 0 Å². The summed E-state index contributed by atoms with van der Waals surface area (Å²) in [6.45, 7) is 11.2. The Labute approximate surface area is 127 Å². The minimum Gasteiger partial charge on any atom is -0.390 e. The molecular weight excluding hydrogens is 248 g/mol. The molecule has 0 amide bonds. The van der Waals surface area contributed by atoms with E-state index < -0.39 is 0 Å². The largest absolute Gasteiger partial charge is 0.390 e. The minimum atomic E-state index is -0.232. The number of unbranched alkanes of at least 4 members (excludes halogenated alkanes) is 7. The van der Waals surface area contributed by atoms with E-state index in [4.69, 9.17) is 0 Å². The van der Waals surface area contributed by atoms with Gasteiger partial charge in [-0.15, -0.1) is 0 Å². The molecule has 0 aliphatic rings. The van der Waals surface area contributed by atoms with Crippen LogP contribution in [0, 0.1) is 0 Å². The Balaban J connectivity index is 3.22. The van der Waals surface area contributed by atoms with E-state index in [1.807, 2.05) is 0 Å². The van der Waals surface area contributed by atoms with Crippen molar-refractivity contribution in [3.63, 3.8) is 0 Å². The third kappa shape index (κ3) is 12.9. The van der Waals surface area contributed by atoms with E-state index in [0.717, 1.165) is 32.7 Å². The van der Waals surface area contributed by atoms with Gasteiger partial charge in [-0.3, -0.25) is 0 Å². The Morgan fingerprint density at radius 2 is 1.40 bits per heavy atom. The molecule has 3 heteroatoms. The number of nitrogens with one attached hydrogen (secondary N) is 1. The lowest BCUT2D eigenvalue weighted by atomic mass is 10.1. The highest BCUT2D eigenvalue weighted by molar-refractivity contribution is 4.65. The van der Waals surface area contributed by atoms with Crippen LogP contribution in [0.2, 0.25) is 0 Å². The van der Waals surface area contributed by atoms with Crippen molar-refractivity contribution in [1.82, 2.24) is 10.2 Å². The van der Waals surface area contributed by atoms with Crippen molar-refractivity contribution in [2.24, 2.45) is 0 Å². The molecular formula is C17H38N2O. The Kier molecular flexibility index (Phi) is 15.2. The van der Waals surface area contributed by atoms with Crippen molar-refractivity contribution in [2.45, 2.75) is 78.2 Å². The van der Waals surface area contributed by atoms with Crippen LogP contribution in [-0.2, 0) is 0 Å². The maximum Gasteiger partial charge on any atom is 0.0791 e. The summed E-state index contributed by atoms with van der Waals surface area (Å²) in [5.41, 5.74) is 0. The number of rotatable bonds is 15. The third-order valence-corrected chi connectivity index (χ3v) is 3.95. The fourth-order valence-corrected chi connectivity index (χ4v) is 2.50. The van der Waals surface area contributed by atoms with Gasteiger partial charge in [0.1, 0.15) is 0 Å². The topological polar surface area (TPSA) is 35.5 Å². The normalized spacial score (nSPS) is 13.1. The Hall–Kier alpha value is -0.120. The van der Waals surface area contributed by atoms with E-state index in [9.17, 15) is 5.11 Å². The van der Waals surface area contributed by atoms with Gasteiger partial charge in [0.2, 0.25) is 0 Å². The summed E-state index contributed by atoms with van der Waals surface area (Å²) in [7, 11) is 0. The van der Waals surface area contributed by atoms with E-state index in [-0.39, 0.29) is 6.10 Å². The molecule has 0 rings (SSSR count). The lowest BCUT2D eigenvalue weighted by molar-refractivity contribution is 0.117. The Morgan fingerprint density at radius 3 is 1.95 bits per heavy atom. The summed E-state index contributed by atoms with van der Waals surface area (Å²) in [5.74, 6) is 0. The lowest BCUT2D eigenvalue weighted by Crippen LogP contribution is -2.38. The maximum atomic E-state index is 9.90. The zero-order valence-electron chi connectivity index (χ0n) is 14.2. The predicted octanol–water partition coefficient (Wildman–Crippen LogP) is 3.42. The molecule has 0 radical (unpaired) electrons. The summed E-state index contributed by atoms with van der Waals surface area (Å²) in [6.07, 6.45) is 10.6. The highest BCUT2D eigenvalue weighted by atomic mass is 16.3. The first-order chi connectivity index (χ1) is 9.74. The fourth-order valence-electron chi connectivity index (χ4n) is 2.50. The van der Waals surface area contributed by atoms with Crippen LogP contribution in [0.25, 0.3) is 0 Å². The maximum absolute atomic E-state index is 9.90. The van der Waals surface area contributed by atoms with Crippen molar-refractivity contribution in [1.29, 1.82) is 0 Å². The summed E-state index contributed by atoms with van der Waals surface area (Å²) >= 11 is 0. The second kappa shape index (κ2) is 15.3. The molecule has 0 fully saturated rings. The van der Waals surface area contributed by atoms with Gasteiger partial charge in [0.05, 0.1) is 6.10 Å². The quantitative estimate of drug-likeness (QED) is 0.453. The van der Waals surface area contributed by atoms with Crippen molar-refractivity contribution >= 4 is 0 Å². The highest BCUT2D eigenvalue weighted by Crippen LogP contribution is 2.07. The first-order valence-electron chi connectivity index (χ1n) is 8.85. The van der Waals surface area contributed by atoms with Crippen LogP contribution in [-0.4, -0.2) is 48.8 Å². The highest BCUT2D eigenvalue weighted by Gasteiger charge is 2.07. The number of aliphatic hydroxyl groups is 1. The zero-order valence-corrected chi connectivity index (χ0v) is 14.2. The van der Waals surface area contributed by atoms with Gasteiger partial charge < -0.3 is 15.3 Å². The van der Waals surface area contributed by atoms with Crippen molar-refractivity contribution in [3.8, 4) is 0 Å². The summed E-state index contributed by atoms with van der Waals surface area (Å²) in [6, 6.07) is 0. The van der Waals surface area contributed by atoms with Gasteiger partial charge in [-0.05, 0) is 26.1 Å². The average Bonchev–Trinajstić information content (AvgIpc) is 2.46. The first-order valence-corrected chi connectivity index (χ1v) is 8.85. The van der Waals surface area contributed by atoms with Crippen LogP contribution in [0.1, 0.15) is 72.1 Å². The number of hydrogen-bond donors (Lipinski definition) is 2. The molecule has 0 saturated carbocycles. The lowest BCUT2D eigenvalue weighted by Gasteiger charge is -2.22. The molecule has 1 atom stereocenters. The SMILES string of the molecule is CCCCCCCCCCNCC(O)CN(CC)CC. The zero-order chi connectivity index (χ0) is 15.1. The van der Waals surface area contributed by atoms with E-state index in [2.05, 4.69) is 31.0 Å². The van der Waals surface area contributed by atoms with Crippen LogP contribution in [0.5, 0.6) is 0 Å². The molecule has 0 aromatic rings.